The molecule has 3 atom stereocenters. The molecule has 116 valence electrons. The lowest BCUT2D eigenvalue weighted by atomic mass is 9.83. The van der Waals surface area contributed by atoms with Crippen LogP contribution in [-0.4, -0.2) is 24.4 Å². The molecule has 0 radical (unpaired) electrons. The van der Waals surface area contributed by atoms with Crippen molar-refractivity contribution in [1.29, 1.82) is 0 Å². The Morgan fingerprint density at radius 3 is 3.00 bits per heavy atom. The smallest absolute Gasteiger partial charge is 0.102 e. The summed E-state index contributed by atoms with van der Waals surface area (Å²) in [6.07, 6.45) is 5.59. The standard InChI is InChI=1S/C17H15ClN4O/c18-13-7-20-22-6-5-12(17(23)16(13)22)15-11-4-2-1-3-10(11)14-8-19-9-21(14)15/h1-4,7-9,12,15,17,23H,5-6H2/t12-,15+,17+/m0/s1. The van der Waals surface area contributed by atoms with Gasteiger partial charge in [0.15, 0.2) is 0 Å². The molecule has 5 rings (SSSR count). The van der Waals surface area contributed by atoms with Crippen molar-refractivity contribution >= 4 is 11.6 Å². The Bertz CT molecular complexity index is 900. The third-order valence-electron chi connectivity index (χ3n) is 5.12. The van der Waals surface area contributed by atoms with Crippen molar-refractivity contribution < 1.29 is 5.11 Å². The Labute approximate surface area is 138 Å². The number of aryl methyl sites for hydroxylation is 1. The number of hydrogen-bond donors (Lipinski definition) is 1. The van der Waals surface area contributed by atoms with Gasteiger partial charge in [-0.3, -0.25) is 4.68 Å². The summed E-state index contributed by atoms with van der Waals surface area (Å²) in [4.78, 5) is 4.30. The lowest BCUT2D eigenvalue weighted by Gasteiger charge is -2.34. The first-order valence-corrected chi connectivity index (χ1v) is 8.14. The molecule has 1 aromatic carbocycles. The number of imidazole rings is 1. The number of nitrogens with zero attached hydrogens (tertiary/aromatic N) is 4. The van der Waals surface area contributed by atoms with Gasteiger partial charge in [0.25, 0.3) is 0 Å². The van der Waals surface area contributed by atoms with Crippen LogP contribution in [0, 0.1) is 5.92 Å². The fourth-order valence-electron chi connectivity index (χ4n) is 4.12. The first-order chi connectivity index (χ1) is 11.3. The van der Waals surface area contributed by atoms with E-state index in [1.165, 1.54) is 11.1 Å². The number of rotatable bonds is 1. The molecule has 0 spiro atoms. The molecule has 0 saturated carbocycles. The van der Waals surface area contributed by atoms with Gasteiger partial charge in [-0.05, 0) is 12.0 Å². The molecule has 1 N–H and O–H groups in total. The van der Waals surface area contributed by atoms with E-state index in [4.69, 9.17) is 11.6 Å². The van der Waals surface area contributed by atoms with Crippen molar-refractivity contribution in [3.8, 4) is 11.3 Å². The minimum Gasteiger partial charge on any atom is -0.386 e. The summed E-state index contributed by atoms with van der Waals surface area (Å²) in [6.45, 7) is 0.770. The summed E-state index contributed by atoms with van der Waals surface area (Å²) in [7, 11) is 0. The van der Waals surface area contributed by atoms with Crippen LogP contribution >= 0.6 is 11.6 Å². The zero-order chi connectivity index (χ0) is 15.6. The maximum atomic E-state index is 11.0. The first-order valence-electron chi connectivity index (χ1n) is 7.76. The second kappa shape index (κ2) is 4.69. The number of fused-ring (bicyclic) bond motifs is 4. The van der Waals surface area contributed by atoms with E-state index in [0.29, 0.717) is 5.02 Å². The minimum atomic E-state index is -0.634. The summed E-state index contributed by atoms with van der Waals surface area (Å²) in [5.41, 5.74) is 4.29. The number of aliphatic hydroxyl groups excluding tert-OH is 1. The molecule has 0 fully saturated rings. The van der Waals surface area contributed by atoms with Gasteiger partial charge in [-0.2, -0.15) is 5.10 Å². The third-order valence-corrected chi connectivity index (χ3v) is 5.41. The van der Waals surface area contributed by atoms with Gasteiger partial charge < -0.3 is 9.67 Å². The lowest BCUT2D eigenvalue weighted by Crippen LogP contribution is -2.31. The molecule has 5 nitrogen and oxygen atoms in total. The molecular formula is C17H15ClN4O. The SMILES string of the molecule is O[C@H]1c2c(Cl)cnn2CC[C@H]1[C@H]1c2ccccc2-c2cncn21. The number of aliphatic hydroxyl groups is 1. The van der Waals surface area contributed by atoms with Gasteiger partial charge >= 0.3 is 0 Å². The Balaban J connectivity index is 1.65. The summed E-state index contributed by atoms with van der Waals surface area (Å²) < 4.78 is 4.00. The Morgan fingerprint density at radius 1 is 1.22 bits per heavy atom. The zero-order valence-electron chi connectivity index (χ0n) is 12.3. The first kappa shape index (κ1) is 13.3. The van der Waals surface area contributed by atoms with Crippen LogP contribution in [0.3, 0.4) is 0 Å². The van der Waals surface area contributed by atoms with Crippen molar-refractivity contribution in [3.63, 3.8) is 0 Å². The Morgan fingerprint density at radius 2 is 2.09 bits per heavy atom. The molecular weight excluding hydrogens is 312 g/mol. The number of halogens is 1. The molecule has 4 heterocycles. The molecule has 2 aliphatic heterocycles. The molecule has 3 aromatic rings. The Hall–Kier alpha value is -2.11. The van der Waals surface area contributed by atoms with Gasteiger partial charge in [-0.15, -0.1) is 0 Å². The zero-order valence-corrected chi connectivity index (χ0v) is 13.1. The highest BCUT2D eigenvalue weighted by atomic mass is 35.5. The van der Waals surface area contributed by atoms with E-state index >= 15 is 0 Å². The number of hydrogen-bond acceptors (Lipinski definition) is 3. The molecule has 23 heavy (non-hydrogen) atoms. The minimum absolute atomic E-state index is 0.0494. The van der Waals surface area contributed by atoms with E-state index in [0.717, 1.165) is 24.4 Å². The topological polar surface area (TPSA) is 55.9 Å². The van der Waals surface area contributed by atoms with Gasteiger partial charge in [-0.1, -0.05) is 35.9 Å². The van der Waals surface area contributed by atoms with Crippen molar-refractivity contribution in [1.82, 2.24) is 19.3 Å². The van der Waals surface area contributed by atoms with E-state index in [-0.39, 0.29) is 12.0 Å². The summed E-state index contributed by atoms with van der Waals surface area (Å²) >= 11 is 6.24. The van der Waals surface area contributed by atoms with Gasteiger partial charge in [0.05, 0.1) is 41.2 Å². The fourth-order valence-corrected chi connectivity index (χ4v) is 4.37. The predicted octanol–water partition coefficient (Wildman–Crippen LogP) is 3.06. The van der Waals surface area contributed by atoms with E-state index < -0.39 is 6.10 Å². The van der Waals surface area contributed by atoms with Gasteiger partial charge in [0.2, 0.25) is 0 Å². The van der Waals surface area contributed by atoms with Crippen LogP contribution < -0.4 is 0 Å². The van der Waals surface area contributed by atoms with Crippen molar-refractivity contribution in [2.45, 2.75) is 25.1 Å². The highest BCUT2D eigenvalue weighted by Crippen LogP contribution is 2.49. The molecule has 0 saturated heterocycles. The largest absolute Gasteiger partial charge is 0.386 e. The highest BCUT2D eigenvalue weighted by Gasteiger charge is 2.41. The maximum Gasteiger partial charge on any atom is 0.102 e. The summed E-state index contributed by atoms with van der Waals surface area (Å²) in [6, 6.07) is 8.45. The molecule has 0 bridgehead atoms. The van der Waals surface area contributed by atoms with Crippen LogP contribution in [0.25, 0.3) is 11.3 Å². The van der Waals surface area contributed by atoms with E-state index in [1.807, 2.05) is 23.3 Å². The molecule has 0 amide bonds. The third kappa shape index (κ3) is 1.72. The summed E-state index contributed by atoms with van der Waals surface area (Å²) in [5.74, 6) is 0.0494. The van der Waals surface area contributed by atoms with Crippen LogP contribution in [0.4, 0.5) is 0 Å². The van der Waals surface area contributed by atoms with Crippen LogP contribution in [0.2, 0.25) is 5.02 Å². The van der Waals surface area contributed by atoms with Crippen molar-refractivity contribution in [3.05, 3.63) is 59.3 Å². The Kier molecular flexibility index (Phi) is 2.72. The average molecular weight is 327 g/mol. The van der Waals surface area contributed by atoms with E-state index in [2.05, 4.69) is 32.8 Å². The molecule has 2 aliphatic rings. The second-order valence-corrected chi connectivity index (χ2v) is 6.62. The quantitative estimate of drug-likeness (QED) is 0.747. The van der Waals surface area contributed by atoms with Crippen LogP contribution in [-0.2, 0) is 6.54 Å². The normalized spacial score (nSPS) is 25.0. The number of benzene rings is 1. The van der Waals surface area contributed by atoms with Gasteiger partial charge in [-0.25, -0.2) is 4.98 Å². The molecule has 0 unspecified atom stereocenters. The van der Waals surface area contributed by atoms with Crippen molar-refractivity contribution in [2.75, 3.05) is 0 Å². The van der Waals surface area contributed by atoms with Gasteiger partial charge in [0.1, 0.15) is 6.10 Å². The van der Waals surface area contributed by atoms with Gasteiger partial charge in [0, 0.05) is 18.0 Å². The average Bonchev–Trinajstić information content (AvgIpc) is 3.23. The fraction of sp³-hybridized carbons (Fsp3) is 0.294. The monoisotopic (exact) mass is 326 g/mol. The predicted molar refractivity (Wildman–Crippen MR) is 86.1 cm³/mol. The number of aromatic nitrogens is 4. The molecule has 2 aromatic heterocycles. The van der Waals surface area contributed by atoms with Crippen LogP contribution in [0.1, 0.15) is 29.8 Å². The highest BCUT2D eigenvalue weighted by molar-refractivity contribution is 6.31. The lowest BCUT2D eigenvalue weighted by molar-refractivity contribution is 0.0526. The van der Waals surface area contributed by atoms with E-state index in [1.54, 1.807) is 6.20 Å². The summed E-state index contributed by atoms with van der Waals surface area (Å²) in [5, 5.41) is 15.8. The molecule has 0 aliphatic carbocycles. The van der Waals surface area contributed by atoms with Crippen LogP contribution in [0.15, 0.2) is 43.0 Å². The maximum absolute atomic E-state index is 11.0. The second-order valence-electron chi connectivity index (χ2n) is 6.22. The van der Waals surface area contributed by atoms with E-state index in [9.17, 15) is 5.11 Å². The molecule has 6 heteroatoms. The van der Waals surface area contributed by atoms with Crippen LogP contribution in [0.5, 0.6) is 0 Å². The van der Waals surface area contributed by atoms with Crippen molar-refractivity contribution in [2.24, 2.45) is 5.92 Å².